The fourth-order valence-electron chi connectivity index (χ4n) is 4.56. The van der Waals surface area contributed by atoms with Crippen molar-refractivity contribution in [2.75, 3.05) is 0 Å². The zero-order valence-electron chi connectivity index (χ0n) is 14.4. The van der Waals surface area contributed by atoms with Crippen LogP contribution in [0, 0.1) is 0 Å². The maximum absolute atomic E-state index is 6.23. The molecule has 2 aromatic carbocycles. The quantitative estimate of drug-likeness (QED) is 0.386. The third-order valence-corrected chi connectivity index (χ3v) is 5.66. The number of aromatic nitrogens is 2. The van der Waals surface area contributed by atoms with Crippen LogP contribution < -0.4 is 0 Å². The van der Waals surface area contributed by atoms with E-state index in [1.165, 1.54) is 57.0 Å². The number of aryl methyl sites for hydroxylation is 2. The first-order valence-electron chi connectivity index (χ1n) is 9.28. The van der Waals surface area contributed by atoms with Gasteiger partial charge in [-0.1, -0.05) is 18.2 Å². The molecule has 3 heteroatoms. The molecule has 0 spiro atoms. The van der Waals surface area contributed by atoms with E-state index < -0.39 is 0 Å². The van der Waals surface area contributed by atoms with E-state index in [1.54, 1.807) is 0 Å². The molecule has 0 radical (unpaired) electrons. The lowest BCUT2D eigenvalue weighted by Gasteiger charge is -2.09. The van der Waals surface area contributed by atoms with Gasteiger partial charge in [0.15, 0.2) is 0 Å². The molecular formula is C23H18N2O. The van der Waals surface area contributed by atoms with Gasteiger partial charge in [0, 0.05) is 46.2 Å². The zero-order chi connectivity index (χ0) is 17.1. The lowest BCUT2D eigenvalue weighted by atomic mass is 9.94. The molecule has 0 N–H and O–H groups in total. The van der Waals surface area contributed by atoms with Crippen molar-refractivity contribution < 1.29 is 4.42 Å². The topological polar surface area (TPSA) is 31.0 Å². The summed E-state index contributed by atoms with van der Waals surface area (Å²) in [6, 6.07) is 17.0. The average molecular weight is 338 g/mol. The number of hydrogen-bond donors (Lipinski definition) is 0. The van der Waals surface area contributed by atoms with E-state index in [2.05, 4.69) is 58.1 Å². The predicted molar refractivity (Wildman–Crippen MR) is 105 cm³/mol. The van der Waals surface area contributed by atoms with Crippen LogP contribution in [-0.4, -0.2) is 9.55 Å². The van der Waals surface area contributed by atoms with E-state index in [0.717, 1.165) is 18.4 Å². The van der Waals surface area contributed by atoms with Crippen LogP contribution in [0.25, 0.3) is 38.5 Å². The number of benzene rings is 2. The molecule has 0 aliphatic heterocycles. The van der Waals surface area contributed by atoms with E-state index in [9.17, 15) is 0 Å². The van der Waals surface area contributed by atoms with Crippen molar-refractivity contribution in [3.8, 4) is 5.69 Å². The molecule has 0 atom stereocenters. The first-order chi connectivity index (χ1) is 12.9. The van der Waals surface area contributed by atoms with Crippen molar-refractivity contribution in [1.82, 2.24) is 9.55 Å². The molecule has 0 fully saturated rings. The van der Waals surface area contributed by atoms with Gasteiger partial charge in [-0.2, -0.15) is 0 Å². The van der Waals surface area contributed by atoms with Crippen molar-refractivity contribution in [1.29, 1.82) is 0 Å². The standard InChI is InChI=1S/C23H18N2O/c1-2-6-15(7-3-1)25-18-12-13-24-14-17(18)22-19(25)10-11-21-23(22)16-8-4-5-9-20(16)26-21/h1-3,6-7,10-14H,4-5,8-9H2. The highest BCUT2D eigenvalue weighted by Gasteiger charge is 2.23. The Morgan fingerprint density at radius 1 is 0.846 bits per heavy atom. The minimum absolute atomic E-state index is 1.01. The molecule has 26 heavy (non-hydrogen) atoms. The van der Waals surface area contributed by atoms with Gasteiger partial charge in [-0.25, -0.2) is 0 Å². The molecule has 6 rings (SSSR count). The molecule has 126 valence electrons. The molecule has 0 saturated heterocycles. The third kappa shape index (κ3) is 1.80. The Balaban J connectivity index is 1.85. The van der Waals surface area contributed by atoms with Crippen molar-refractivity contribution in [2.45, 2.75) is 25.7 Å². The maximum Gasteiger partial charge on any atom is 0.135 e. The van der Waals surface area contributed by atoms with Gasteiger partial charge in [-0.3, -0.25) is 4.98 Å². The fourth-order valence-corrected chi connectivity index (χ4v) is 4.56. The van der Waals surface area contributed by atoms with Crippen molar-refractivity contribution in [2.24, 2.45) is 0 Å². The number of nitrogens with zero attached hydrogens (tertiary/aromatic N) is 2. The molecule has 1 aliphatic rings. The average Bonchev–Trinajstić information content (AvgIpc) is 3.24. The number of hydrogen-bond acceptors (Lipinski definition) is 2. The van der Waals surface area contributed by atoms with E-state index >= 15 is 0 Å². The van der Waals surface area contributed by atoms with Crippen molar-refractivity contribution in [3.63, 3.8) is 0 Å². The van der Waals surface area contributed by atoms with Crippen LogP contribution in [0.2, 0.25) is 0 Å². The Bertz CT molecular complexity index is 1280. The number of para-hydroxylation sites is 1. The summed E-state index contributed by atoms with van der Waals surface area (Å²) in [7, 11) is 0. The van der Waals surface area contributed by atoms with Crippen molar-refractivity contribution >= 4 is 32.8 Å². The second kappa shape index (κ2) is 5.21. The van der Waals surface area contributed by atoms with Gasteiger partial charge in [0.25, 0.3) is 0 Å². The maximum atomic E-state index is 6.23. The summed E-state index contributed by atoms with van der Waals surface area (Å²) >= 11 is 0. The Kier molecular flexibility index (Phi) is 2.83. The first kappa shape index (κ1) is 14.1. The molecule has 3 heterocycles. The highest BCUT2D eigenvalue weighted by molar-refractivity contribution is 6.21. The second-order valence-electron chi connectivity index (χ2n) is 7.11. The number of furan rings is 1. The summed E-state index contributed by atoms with van der Waals surface area (Å²) < 4.78 is 8.57. The second-order valence-corrected chi connectivity index (χ2v) is 7.11. The van der Waals surface area contributed by atoms with Crippen LogP contribution in [0.3, 0.4) is 0 Å². The minimum Gasteiger partial charge on any atom is -0.461 e. The summed E-state index contributed by atoms with van der Waals surface area (Å²) in [6.07, 6.45) is 8.51. The third-order valence-electron chi connectivity index (χ3n) is 5.66. The van der Waals surface area contributed by atoms with Crippen LogP contribution in [0.5, 0.6) is 0 Å². The van der Waals surface area contributed by atoms with E-state index in [1.807, 2.05) is 12.4 Å². The lowest BCUT2D eigenvalue weighted by molar-refractivity contribution is 0.506. The molecule has 0 saturated carbocycles. The van der Waals surface area contributed by atoms with E-state index in [4.69, 9.17) is 4.42 Å². The highest BCUT2D eigenvalue weighted by Crippen LogP contribution is 2.41. The fraction of sp³-hybridized carbons (Fsp3) is 0.174. The van der Waals surface area contributed by atoms with Gasteiger partial charge in [0.05, 0.1) is 11.0 Å². The molecule has 0 unspecified atom stereocenters. The summed E-state index contributed by atoms with van der Waals surface area (Å²) in [6.45, 7) is 0. The lowest BCUT2D eigenvalue weighted by Crippen LogP contribution is -1.98. The van der Waals surface area contributed by atoms with Crippen LogP contribution >= 0.6 is 0 Å². The van der Waals surface area contributed by atoms with E-state index in [-0.39, 0.29) is 0 Å². The van der Waals surface area contributed by atoms with Crippen LogP contribution in [-0.2, 0) is 12.8 Å². The van der Waals surface area contributed by atoms with Crippen LogP contribution in [0.4, 0.5) is 0 Å². The highest BCUT2D eigenvalue weighted by atomic mass is 16.3. The molecule has 3 nitrogen and oxygen atoms in total. The Labute approximate surface area is 150 Å². The van der Waals surface area contributed by atoms with Crippen LogP contribution in [0.1, 0.15) is 24.2 Å². The smallest absolute Gasteiger partial charge is 0.135 e. The number of fused-ring (bicyclic) bond motifs is 7. The first-order valence-corrected chi connectivity index (χ1v) is 9.28. The number of pyridine rings is 1. The van der Waals surface area contributed by atoms with Crippen LogP contribution in [0.15, 0.2) is 65.3 Å². The summed E-state index contributed by atoms with van der Waals surface area (Å²) in [5.41, 5.74) is 6.02. The Morgan fingerprint density at radius 3 is 2.65 bits per heavy atom. The molecule has 1 aliphatic carbocycles. The van der Waals surface area contributed by atoms with E-state index in [0.29, 0.717) is 0 Å². The predicted octanol–water partition coefficient (Wildman–Crippen LogP) is 5.80. The van der Waals surface area contributed by atoms with Gasteiger partial charge >= 0.3 is 0 Å². The minimum atomic E-state index is 1.01. The SMILES string of the molecule is c1ccc(-n2c3ccncc3c3c4c5c(oc4ccc32)CCCC5)cc1. The number of rotatable bonds is 1. The van der Waals surface area contributed by atoms with Gasteiger partial charge in [-0.05, 0) is 49.6 Å². The molecule has 3 aromatic heterocycles. The molecule has 0 bridgehead atoms. The normalized spacial score (nSPS) is 14.3. The van der Waals surface area contributed by atoms with Crippen molar-refractivity contribution in [3.05, 3.63) is 72.2 Å². The summed E-state index contributed by atoms with van der Waals surface area (Å²) in [4.78, 5) is 4.43. The zero-order valence-corrected chi connectivity index (χ0v) is 14.4. The van der Waals surface area contributed by atoms with Gasteiger partial charge in [0.1, 0.15) is 11.3 Å². The summed E-state index contributed by atoms with van der Waals surface area (Å²) in [5, 5.41) is 3.78. The molecular weight excluding hydrogens is 320 g/mol. The molecule has 5 aromatic rings. The Morgan fingerprint density at radius 2 is 1.73 bits per heavy atom. The monoisotopic (exact) mass is 338 g/mol. The largest absolute Gasteiger partial charge is 0.461 e. The Hall–Kier alpha value is -3.07. The van der Waals surface area contributed by atoms with Gasteiger partial charge < -0.3 is 8.98 Å². The van der Waals surface area contributed by atoms with Gasteiger partial charge in [0.2, 0.25) is 0 Å². The molecule has 0 amide bonds. The van der Waals surface area contributed by atoms with Gasteiger partial charge in [-0.15, -0.1) is 0 Å². The summed E-state index contributed by atoms with van der Waals surface area (Å²) in [5.74, 6) is 1.18.